The van der Waals surface area contributed by atoms with Gasteiger partial charge in [0.15, 0.2) is 0 Å². The van der Waals surface area contributed by atoms with Crippen LogP contribution in [0, 0.1) is 0 Å². The van der Waals surface area contributed by atoms with Crippen molar-refractivity contribution in [1.29, 1.82) is 0 Å². The lowest BCUT2D eigenvalue weighted by Gasteiger charge is -2.02. The molecule has 0 saturated carbocycles. The molecule has 0 atom stereocenters. The number of carbonyl (C=O) groups is 1. The molecule has 2 N–H and O–H groups in total. The summed E-state index contributed by atoms with van der Waals surface area (Å²) in [7, 11) is 0. The number of aromatic nitrogens is 2. The summed E-state index contributed by atoms with van der Waals surface area (Å²) in [6.07, 6.45) is 5.38. The molecule has 0 fully saturated rings. The molecule has 24 heavy (non-hydrogen) atoms. The summed E-state index contributed by atoms with van der Waals surface area (Å²) in [5.74, 6) is 0.551. The van der Waals surface area contributed by atoms with E-state index in [2.05, 4.69) is 45.1 Å². The Bertz CT molecular complexity index is 606. The van der Waals surface area contributed by atoms with Gasteiger partial charge in [-0.2, -0.15) is 0 Å². The second kappa shape index (κ2) is 11.0. The second-order valence-corrected chi connectivity index (χ2v) is 6.83. The molecule has 1 heterocycles. The lowest BCUT2D eigenvalue weighted by atomic mass is 10.1. The summed E-state index contributed by atoms with van der Waals surface area (Å²) in [6, 6.07) is 10.5. The fourth-order valence-electron chi connectivity index (χ4n) is 2.20. The molecule has 1 aromatic heterocycles. The first-order valence-corrected chi connectivity index (χ1v) is 9.60. The van der Waals surface area contributed by atoms with Gasteiger partial charge in [0, 0.05) is 18.8 Å². The second-order valence-electron chi connectivity index (χ2n) is 5.48. The number of amides is 1. The summed E-state index contributed by atoms with van der Waals surface area (Å²) in [4.78, 5) is 11.7. The maximum Gasteiger partial charge on any atom is 0.226 e. The summed E-state index contributed by atoms with van der Waals surface area (Å²) in [6.45, 7) is 0.852. The van der Waals surface area contributed by atoms with Crippen molar-refractivity contribution in [2.45, 2.75) is 38.5 Å². The Balaban J connectivity index is 1.60. The number of rotatable bonds is 11. The van der Waals surface area contributed by atoms with Crippen molar-refractivity contribution in [3.8, 4) is 0 Å². The number of unbranched alkanes of at least 4 members (excludes halogenated alkanes) is 2. The summed E-state index contributed by atoms with van der Waals surface area (Å²) < 4.78 is 0. The van der Waals surface area contributed by atoms with E-state index in [1.54, 1.807) is 0 Å². The Morgan fingerprint density at radius 1 is 1.04 bits per heavy atom. The molecule has 0 aliphatic heterocycles. The van der Waals surface area contributed by atoms with Gasteiger partial charge < -0.3 is 10.6 Å². The number of hydrogen-bond acceptors (Lipinski definition) is 5. The highest BCUT2D eigenvalue weighted by molar-refractivity contribution is 7.19. The summed E-state index contributed by atoms with van der Waals surface area (Å²) >= 11 is 6.96. The van der Waals surface area contributed by atoms with E-state index in [9.17, 15) is 4.79 Å². The van der Waals surface area contributed by atoms with E-state index in [0.29, 0.717) is 17.4 Å². The first-order chi connectivity index (χ1) is 11.8. The number of alkyl halides is 1. The zero-order valence-corrected chi connectivity index (χ0v) is 15.2. The highest BCUT2D eigenvalue weighted by Crippen LogP contribution is 2.20. The van der Waals surface area contributed by atoms with Crippen LogP contribution in [0.1, 0.15) is 37.7 Å². The number of hydrogen-bond donors (Lipinski definition) is 2. The van der Waals surface area contributed by atoms with Crippen LogP contribution in [0.3, 0.4) is 0 Å². The van der Waals surface area contributed by atoms with Gasteiger partial charge in [-0.1, -0.05) is 41.7 Å². The lowest BCUT2D eigenvalue weighted by molar-refractivity contribution is -0.116. The van der Waals surface area contributed by atoms with E-state index in [1.165, 1.54) is 16.9 Å². The normalized spacial score (nSPS) is 10.5. The standard InChI is InChI=1S/C17H23ClN4OS/c18-12-6-4-11-15(23)20-17-22-21-16(24-17)19-13-7-5-10-14-8-2-1-3-9-14/h1-3,8-9H,4-7,10-13H2,(H,19,21)(H,20,22,23). The Kier molecular flexibility index (Phi) is 8.55. The van der Waals surface area contributed by atoms with E-state index >= 15 is 0 Å². The minimum atomic E-state index is -0.0364. The Morgan fingerprint density at radius 3 is 2.62 bits per heavy atom. The van der Waals surface area contributed by atoms with E-state index in [0.717, 1.165) is 43.8 Å². The lowest BCUT2D eigenvalue weighted by Crippen LogP contribution is -2.10. The fourth-order valence-corrected chi connectivity index (χ4v) is 3.08. The zero-order chi connectivity index (χ0) is 17.0. The van der Waals surface area contributed by atoms with E-state index in [4.69, 9.17) is 11.6 Å². The topological polar surface area (TPSA) is 66.9 Å². The molecule has 0 spiro atoms. The molecular weight excluding hydrogens is 344 g/mol. The van der Waals surface area contributed by atoms with Gasteiger partial charge in [0.1, 0.15) is 0 Å². The van der Waals surface area contributed by atoms with Crippen LogP contribution < -0.4 is 10.6 Å². The van der Waals surface area contributed by atoms with Crippen LogP contribution in [0.4, 0.5) is 10.3 Å². The number of nitrogens with one attached hydrogen (secondary N) is 2. The van der Waals surface area contributed by atoms with Gasteiger partial charge in [0.2, 0.25) is 16.2 Å². The number of halogens is 1. The fraction of sp³-hybridized carbons (Fsp3) is 0.471. The largest absolute Gasteiger partial charge is 0.360 e. The molecule has 2 aromatic rings. The van der Waals surface area contributed by atoms with Gasteiger partial charge in [0.25, 0.3) is 0 Å². The van der Waals surface area contributed by atoms with Crippen molar-refractivity contribution >= 4 is 39.1 Å². The molecule has 5 nitrogen and oxygen atoms in total. The minimum absolute atomic E-state index is 0.0364. The summed E-state index contributed by atoms with van der Waals surface area (Å²) in [5, 5.41) is 15.3. The molecule has 130 valence electrons. The molecule has 0 aliphatic rings. The Labute approximate surface area is 151 Å². The molecule has 0 unspecified atom stereocenters. The van der Waals surface area contributed by atoms with Gasteiger partial charge >= 0.3 is 0 Å². The molecule has 0 aliphatic carbocycles. The highest BCUT2D eigenvalue weighted by Gasteiger charge is 2.07. The summed E-state index contributed by atoms with van der Waals surface area (Å²) in [5.41, 5.74) is 1.37. The van der Waals surface area contributed by atoms with Crippen LogP contribution in [0.15, 0.2) is 30.3 Å². The Morgan fingerprint density at radius 2 is 1.83 bits per heavy atom. The van der Waals surface area contributed by atoms with Crippen molar-refractivity contribution in [3.63, 3.8) is 0 Å². The monoisotopic (exact) mass is 366 g/mol. The average molecular weight is 367 g/mol. The molecule has 1 aromatic carbocycles. The van der Waals surface area contributed by atoms with Gasteiger partial charge in [-0.25, -0.2) is 0 Å². The van der Waals surface area contributed by atoms with Gasteiger partial charge in [-0.15, -0.1) is 21.8 Å². The van der Waals surface area contributed by atoms with E-state index in [-0.39, 0.29) is 5.91 Å². The van der Waals surface area contributed by atoms with Crippen LogP contribution in [-0.2, 0) is 11.2 Å². The SMILES string of the molecule is O=C(CCCCCl)Nc1nnc(NCCCCc2ccccc2)s1. The first kappa shape index (κ1) is 18.7. The van der Waals surface area contributed by atoms with Crippen molar-refractivity contribution in [1.82, 2.24) is 10.2 Å². The van der Waals surface area contributed by atoms with Crippen molar-refractivity contribution in [3.05, 3.63) is 35.9 Å². The quantitative estimate of drug-likeness (QED) is 0.459. The first-order valence-electron chi connectivity index (χ1n) is 8.25. The van der Waals surface area contributed by atoms with E-state index < -0.39 is 0 Å². The number of nitrogens with zero attached hydrogens (tertiary/aromatic N) is 2. The number of anilines is 2. The third-order valence-corrected chi connectivity index (χ3v) is 4.53. The van der Waals surface area contributed by atoms with Crippen LogP contribution >= 0.6 is 22.9 Å². The number of aryl methyl sites for hydroxylation is 1. The maximum absolute atomic E-state index is 11.7. The van der Waals surface area contributed by atoms with Gasteiger partial charge in [-0.05, 0) is 37.7 Å². The van der Waals surface area contributed by atoms with Crippen molar-refractivity contribution in [2.24, 2.45) is 0 Å². The minimum Gasteiger partial charge on any atom is -0.360 e. The smallest absolute Gasteiger partial charge is 0.226 e. The molecule has 7 heteroatoms. The molecule has 1 amide bonds. The third kappa shape index (κ3) is 7.27. The van der Waals surface area contributed by atoms with Gasteiger partial charge in [0.05, 0.1) is 0 Å². The molecular formula is C17H23ClN4OS. The zero-order valence-electron chi connectivity index (χ0n) is 13.6. The van der Waals surface area contributed by atoms with Crippen LogP contribution in [0.5, 0.6) is 0 Å². The van der Waals surface area contributed by atoms with Crippen molar-refractivity contribution < 1.29 is 4.79 Å². The predicted octanol–water partition coefficient (Wildman–Crippen LogP) is 4.32. The van der Waals surface area contributed by atoms with Gasteiger partial charge in [-0.3, -0.25) is 4.79 Å². The van der Waals surface area contributed by atoms with Crippen molar-refractivity contribution in [2.75, 3.05) is 23.1 Å². The molecule has 0 radical (unpaired) electrons. The Hall–Kier alpha value is -1.66. The predicted molar refractivity (Wildman–Crippen MR) is 101 cm³/mol. The number of carbonyl (C=O) groups excluding carboxylic acids is 1. The molecule has 0 saturated heterocycles. The maximum atomic E-state index is 11.7. The number of benzene rings is 1. The van der Waals surface area contributed by atoms with Crippen LogP contribution in [0.25, 0.3) is 0 Å². The van der Waals surface area contributed by atoms with E-state index in [1.807, 2.05) is 6.07 Å². The molecule has 2 rings (SSSR count). The van der Waals surface area contributed by atoms with Crippen LogP contribution in [-0.4, -0.2) is 28.5 Å². The molecule has 0 bridgehead atoms. The third-order valence-electron chi connectivity index (χ3n) is 3.47. The average Bonchev–Trinajstić information content (AvgIpc) is 3.03. The highest BCUT2D eigenvalue weighted by atomic mass is 35.5. The van der Waals surface area contributed by atoms with Crippen LogP contribution in [0.2, 0.25) is 0 Å².